The van der Waals surface area contributed by atoms with Crippen molar-refractivity contribution in [3.63, 3.8) is 0 Å². The van der Waals surface area contributed by atoms with E-state index in [1.165, 1.54) is 0 Å². The number of hydrogen-bond acceptors (Lipinski definition) is 4. The van der Waals surface area contributed by atoms with Gasteiger partial charge in [-0.25, -0.2) is 4.98 Å². The third-order valence-electron chi connectivity index (χ3n) is 2.56. The third kappa shape index (κ3) is 2.23. The van der Waals surface area contributed by atoms with E-state index in [0.717, 1.165) is 29.3 Å². The first-order valence-corrected chi connectivity index (χ1v) is 6.22. The molecule has 1 unspecified atom stereocenters. The molecule has 5 heteroatoms. The first kappa shape index (κ1) is 10.7. The predicted molar refractivity (Wildman–Crippen MR) is 62.4 cm³/mol. The Hall–Kier alpha value is -0.810. The molecule has 1 aromatic rings. The van der Waals surface area contributed by atoms with Gasteiger partial charge in [-0.3, -0.25) is 4.79 Å². The molecule has 0 saturated carbocycles. The summed E-state index contributed by atoms with van der Waals surface area (Å²) in [5.41, 5.74) is 1.62. The molecule has 15 heavy (non-hydrogen) atoms. The fourth-order valence-electron chi connectivity index (χ4n) is 1.75. The summed E-state index contributed by atoms with van der Waals surface area (Å²) in [6, 6.07) is 0.227. The molecule has 1 fully saturated rings. The average Bonchev–Trinajstić information content (AvgIpc) is 2.24. The van der Waals surface area contributed by atoms with Gasteiger partial charge < -0.3 is 10.3 Å². The summed E-state index contributed by atoms with van der Waals surface area (Å²) in [6.45, 7) is 4.64. The van der Waals surface area contributed by atoms with Gasteiger partial charge in [0, 0.05) is 23.6 Å². The highest BCUT2D eigenvalue weighted by molar-refractivity contribution is 7.99. The van der Waals surface area contributed by atoms with Gasteiger partial charge in [-0.15, -0.1) is 0 Å². The van der Waals surface area contributed by atoms with Crippen molar-refractivity contribution in [3.05, 3.63) is 27.4 Å². The Morgan fingerprint density at radius 3 is 2.93 bits per heavy atom. The molecular formula is C10H15N3OS. The monoisotopic (exact) mass is 225 g/mol. The van der Waals surface area contributed by atoms with E-state index >= 15 is 0 Å². The van der Waals surface area contributed by atoms with Gasteiger partial charge in [0.2, 0.25) is 0 Å². The Bertz CT molecular complexity index is 410. The van der Waals surface area contributed by atoms with Gasteiger partial charge in [-0.1, -0.05) is 0 Å². The van der Waals surface area contributed by atoms with Crippen molar-refractivity contribution in [3.8, 4) is 0 Å². The second-order valence-corrected chi connectivity index (χ2v) is 4.89. The Kier molecular flexibility index (Phi) is 3.11. The molecular weight excluding hydrogens is 210 g/mol. The van der Waals surface area contributed by atoms with Crippen LogP contribution in [0.15, 0.2) is 4.79 Å². The summed E-state index contributed by atoms with van der Waals surface area (Å²) < 4.78 is 0. The van der Waals surface area contributed by atoms with Gasteiger partial charge in [-0.2, -0.15) is 11.8 Å². The van der Waals surface area contributed by atoms with Gasteiger partial charge in [-0.05, 0) is 13.8 Å². The van der Waals surface area contributed by atoms with Crippen molar-refractivity contribution < 1.29 is 0 Å². The van der Waals surface area contributed by atoms with Crippen molar-refractivity contribution in [2.24, 2.45) is 0 Å². The van der Waals surface area contributed by atoms with E-state index in [2.05, 4.69) is 15.3 Å². The van der Waals surface area contributed by atoms with E-state index < -0.39 is 0 Å². The number of aryl methyl sites for hydroxylation is 1. The molecule has 2 rings (SSSR count). The number of nitrogens with zero attached hydrogens (tertiary/aromatic N) is 1. The van der Waals surface area contributed by atoms with Crippen molar-refractivity contribution in [1.82, 2.24) is 15.3 Å². The Labute approximate surface area is 92.9 Å². The molecule has 0 radical (unpaired) electrons. The van der Waals surface area contributed by atoms with Crippen LogP contribution >= 0.6 is 11.8 Å². The summed E-state index contributed by atoms with van der Waals surface area (Å²) in [4.78, 5) is 18.7. The van der Waals surface area contributed by atoms with Crippen molar-refractivity contribution in [2.75, 3.05) is 18.1 Å². The van der Waals surface area contributed by atoms with E-state index in [4.69, 9.17) is 0 Å². The lowest BCUT2D eigenvalue weighted by Crippen LogP contribution is -2.33. The van der Waals surface area contributed by atoms with Crippen LogP contribution < -0.4 is 10.9 Å². The van der Waals surface area contributed by atoms with Gasteiger partial charge in [0.15, 0.2) is 0 Å². The average molecular weight is 225 g/mol. The van der Waals surface area contributed by atoms with E-state index in [1.54, 1.807) is 0 Å². The number of hydrogen-bond donors (Lipinski definition) is 2. The lowest BCUT2D eigenvalue weighted by Gasteiger charge is -2.23. The highest BCUT2D eigenvalue weighted by Gasteiger charge is 2.19. The summed E-state index contributed by atoms with van der Waals surface area (Å²) in [5.74, 6) is 2.83. The van der Waals surface area contributed by atoms with Crippen LogP contribution in [-0.4, -0.2) is 28.0 Å². The minimum Gasteiger partial charge on any atom is -0.311 e. The van der Waals surface area contributed by atoms with Crippen molar-refractivity contribution in [2.45, 2.75) is 19.9 Å². The molecule has 4 nitrogen and oxygen atoms in total. The van der Waals surface area contributed by atoms with Gasteiger partial charge >= 0.3 is 0 Å². The molecule has 82 valence electrons. The molecule has 2 heterocycles. The third-order valence-corrected chi connectivity index (χ3v) is 3.62. The van der Waals surface area contributed by atoms with Crippen LogP contribution in [0.1, 0.15) is 23.1 Å². The Morgan fingerprint density at radius 1 is 1.47 bits per heavy atom. The van der Waals surface area contributed by atoms with Crippen LogP contribution in [0.3, 0.4) is 0 Å². The zero-order chi connectivity index (χ0) is 10.8. The maximum absolute atomic E-state index is 11.6. The van der Waals surface area contributed by atoms with Crippen LogP contribution in [0, 0.1) is 13.8 Å². The molecule has 1 aliphatic heterocycles. The first-order valence-electron chi connectivity index (χ1n) is 5.07. The van der Waals surface area contributed by atoms with E-state index in [9.17, 15) is 4.79 Å². The number of aromatic nitrogens is 2. The molecule has 0 bridgehead atoms. The largest absolute Gasteiger partial charge is 0.311 e. The van der Waals surface area contributed by atoms with Gasteiger partial charge in [0.25, 0.3) is 5.56 Å². The Morgan fingerprint density at radius 2 is 2.27 bits per heavy atom. The van der Waals surface area contributed by atoms with E-state index in [1.807, 2.05) is 25.6 Å². The lowest BCUT2D eigenvalue weighted by atomic mass is 10.1. The topological polar surface area (TPSA) is 57.8 Å². The minimum absolute atomic E-state index is 0.0186. The van der Waals surface area contributed by atoms with Crippen LogP contribution in [-0.2, 0) is 0 Å². The molecule has 1 saturated heterocycles. The summed E-state index contributed by atoms with van der Waals surface area (Å²) in [6.07, 6.45) is 0. The number of thioether (sulfide) groups is 1. The lowest BCUT2D eigenvalue weighted by molar-refractivity contribution is 0.572. The highest BCUT2D eigenvalue weighted by Crippen LogP contribution is 2.21. The molecule has 1 atom stereocenters. The molecule has 0 aliphatic carbocycles. The summed E-state index contributed by atoms with van der Waals surface area (Å²) >= 11 is 1.90. The van der Waals surface area contributed by atoms with Crippen LogP contribution in [0.25, 0.3) is 0 Å². The molecule has 1 aromatic heterocycles. The van der Waals surface area contributed by atoms with Crippen molar-refractivity contribution in [1.29, 1.82) is 0 Å². The second-order valence-electron chi connectivity index (χ2n) is 3.74. The van der Waals surface area contributed by atoms with E-state index in [0.29, 0.717) is 5.82 Å². The standard InChI is InChI=1S/C10H15N3OS/c1-6-9(8-5-15-4-3-11-8)12-7(2)13-10(6)14/h8,11H,3-5H2,1-2H3,(H,12,13,14). The normalized spacial score (nSPS) is 21.6. The predicted octanol–water partition coefficient (Wildman–Crippen LogP) is 0.764. The van der Waals surface area contributed by atoms with Gasteiger partial charge in [0.1, 0.15) is 5.82 Å². The number of nitrogens with one attached hydrogen (secondary N) is 2. The highest BCUT2D eigenvalue weighted by atomic mass is 32.2. The fourth-order valence-corrected chi connectivity index (χ4v) is 2.69. The molecule has 2 N–H and O–H groups in total. The fraction of sp³-hybridized carbons (Fsp3) is 0.600. The molecule has 0 spiro atoms. The maximum Gasteiger partial charge on any atom is 0.254 e. The Balaban J connectivity index is 2.37. The number of H-pyrrole nitrogens is 1. The summed E-state index contributed by atoms with van der Waals surface area (Å²) in [7, 11) is 0. The molecule has 0 amide bonds. The van der Waals surface area contributed by atoms with Crippen LogP contribution in [0.2, 0.25) is 0 Å². The summed E-state index contributed by atoms with van der Waals surface area (Å²) in [5, 5.41) is 3.39. The van der Waals surface area contributed by atoms with E-state index in [-0.39, 0.29) is 11.6 Å². The zero-order valence-electron chi connectivity index (χ0n) is 8.96. The van der Waals surface area contributed by atoms with Crippen LogP contribution in [0.5, 0.6) is 0 Å². The number of rotatable bonds is 1. The molecule has 0 aromatic carbocycles. The number of aromatic amines is 1. The quantitative estimate of drug-likeness (QED) is 0.741. The molecule has 1 aliphatic rings. The second kappa shape index (κ2) is 4.37. The van der Waals surface area contributed by atoms with Gasteiger partial charge in [0.05, 0.1) is 11.7 Å². The maximum atomic E-state index is 11.6. The zero-order valence-corrected chi connectivity index (χ0v) is 9.78. The first-order chi connectivity index (χ1) is 7.18. The SMILES string of the molecule is Cc1nc(C2CSCCN2)c(C)c(=O)[nH]1. The van der Waals surface area contributed by atoms with Crippen LogP contribution in [0.4, 0.5) is 0 Å². The smallest absolute Gasteiger partial charge is 0.254 e. The van der Waals surface area contributed by atoms with Crippen molar-refractivity contribution >= 4 is 11.8 Å². The minimum atomic E-state index is -0.0186.